The monoisotopic (exact) mass is 266 g/mol. The van der Waals surface area contributed by atoms with Gasteiger partial charge in [-0.2, -0.15) is 0 Å². The summed E-state index contributed by atoms with van der Waals surface area (Å²) in [5.74, 6) is -0.471. The fourth-order valence-electron chi connectivity index (χ4n) is 1.57. The lowest BCUT2D eigenvalue weighted by atomic mass is 10.0. The number of hydrogen-bond donors (Lipinski definition) is 2. The third-order valence-electron chi connectivity index (χ3n) is 3.24. The molecule has 0 fully saturated rings. The van der Waals surface area contributed by atoms with E-state index in [1.807, 2.05) is 33.8 Å². The van der Waals surface area contributed by atoms with E-state index in [1.165, 1.54) is 6.07 Å². The number of anilines is 1. The largest absolute Gasteiger partial charge is 0.372 e. The van der Waals surface area contributed by atoms with Crippen molar-refractivity contribution < 1.29 is 9.18 Å². The molecule has 1 atom stereocenters. The first-order valence-corrected chi connectivity index (χ1v) is 6.60. The summed E-state index contributed by atoms with van der Waals surface area (Å²) in [6.07, 6.45) is 0.838. The zero-order valence-electron chi connectivity index (χ0n) is 12.3. The first kappa shape index (κ1) is 15.5. The van der Waals surface area contributed by atoms with Gasteiger partial charge >= 0.3 is 0 Å². The van der Waals surface area contributed by atoms with Crippen LogP contribution in [0, 0.1) is 12.7 Å². The van der Waals surface area contributed by atoms with E-state index in [-0.39, 0.29) is 17.3 Å². The van der Waals surface area contributed by atoms with E-state index < -0.39 is 6.04 Å². The lowest BCUT2D eigenvalue weighted by molar-refractivity contribution is -0.123. The number of aryl methyl sites for hydroxylation is 1. The molecule has 0 saturated heterocycles. The molecule has 0 radical (unpaired) electrons. The summed E-state index contributed by atoms with van der Waals surface area (Å²) in [4.78, 5) is 12.0. The van der Waals surface area contributed by atoms with Crippen molar-refractivity contribution in [1.29, 1.82) is 0 Å². The van der Waals surface area contributed by atoms with Gasteiger partial charge in [-0.25, -0.2) is 4.39 Å². The Morgan fingerprint density at radius 2 is 2.05 bits per heavy atom. The number of carbonyl (C=O) groups is 1. The molecule has 1 unspecified atom stereocenters. The van der Waals surface area contributed by atoms with Crippen LogP contribution in [0.25, 0.3) is 0 Å². The maximum Gasteiger partial charge on any atom is 0.242 e. The van der Waals surface area contributed by atoms with Crippen molar-refractivity contribution in [3.63, 3.8) is 0 Å². The molecule has 19 heavy (non-hydrogen) atoms. The van der Waals surface area contributed by atoms with E-state index in [4.69, 9.17) is 0 Å². The number of nitrogens with one attached hydrogen (secondary N) is 2. The van der Waals surface area contributed by atoms with Gasteiger partial charge in [0.25, 0.3) is 0 Å². The van der Waals surface area contributed by atoms with E-state index in [9.17, 15) is 9.18 Å². The van der Waals surface area contributed by atoms with Crippen LogP contribution in [0.3, 0.4) is 0 Å². The summed E-state index contributed by atoms with van der Waals surface area (Å²) in [5, 5.41) is 5.83. The second kappa shape index (κ2) is 6.04. The predicted octanol–water partition coefficient (Wildman–Crippen LogP) is 3.24. The Bertz CT molecular complexity index is 457. The molecule has 3 nitrogen and oxygen atoms in total. The van der Waals surface area contributed by atoms with Crippen LogP contribution in [0.2, 0.25) is 0 Å². The average Bonchev–Trinajstić information content (AvgIpc) is 2.32. The standard InChI is InChI=1S/C15H23FN2O/c1-6-15(4,5)18-14(19)11(3)17-13-8-7-10(2)9-12(13)16/h7-9,11,17H,6H2,1-5H3,(H,18,19). The normalized spacial score (nSPS) is 12.9. The summed E-state index contributed by atoms with van der Waals surface area (Å²) in [6.45, 7) is 9.49. The molecule has 1 aromatic rings. The number of amides is 1. The third-order valence-corrected chi connectivity index (χ3v) is 3.24. The van der Waals surface area contributed by atoms with Gasteiger partial charge in [-0.15, -0.1) is 0 Å². The van der Waals surface area contributed by atoms with Gasteiger partial charge in [-0.3, -0.25) is 4.79 Å². The van der Waals surface area contributed by atoms with Crippen LogP contribution in [0.4, 0.5) is 10.1 Å². The molecule has 0 spiro atoms. The van der Waals surface area contributed by atoms with Gasteiger partial charge in [-0.1, -0.05) is 13.0 Å². The highest BCUT2D eigenvalue weighted by Crippen LogP contribution is 2.16. The molecule has 0 aliphatic heterocycles. The van der Waals surface area contributed by atoms with Crippen molar-refractivity contribution >= 4 is 11.6 Å². The molecular weight excluding hydrogens is 243 g/mol. The van der Waals surface area contributed by atoms with Crippen LogP contribution in [0.15, 0.2) is 18.2 Å². The van der Waals surface area contributed by atoms with E-state index in [1.54, 1.807) is 13.0 Å². The van der Waals surface area contributed by atoms with Crippen molar-refractivity contribution in [3.8, 4) is 0 Å². The minimum absolute atomic E-state index is 0.133. The Labute approximate surface area is 114 Å². The molecule has 1 aromatic carbocycles. The zero-order valence-corrected chi connectivity index (χ0v) is 12.3. The molecule has 0 aromatic heterocycles. The highest BCUT2D eigenvalue weighted by atomic mass is 19.1. The van der Waals surface area contributed by atoms with Gasteiger partial charge in [-0.05, 0) is 51.8 Å². The van der Waals surface area contributed by atoms with E-state index in [0.717, 1.165) is 12.0 Å². The highest BCUT2D eigenvalue weighted by Gasteiger charge is 2.22. The van der Waals surface area contributed by atoms with Crippen LogP contribution in [-0.2, 0) is 4.79 Å². The van der Waals surface area contributed by atoms with E-state index >= 15 is 0 Å². The number of carbonyl (C=O) groups excluding carboxylic acids is 1. The number of rotatable bonds is 5. The molecule has 0 aliphatic rings. The van der Waals surface area contributed by atoms with Crippen molar-refractivity contribution in [3.05, 3.63) is 29.6 Å². The van der Waals surface area contributed by atoms with Gasteiger partial charge < -0.3 is 10.6 Å². The van der Waals surface area contributed by atoms with Crippen LogP contribution in [0.5, 0.6) is 0 Å². The molecule has 106 valence electrons. The van der Waals surface area contributed by atoms with Crippen LogP contribution >= 0.6 is 0 Å². The van der Waals surface area contributed by atoms with Crippen molar-refractivity contribution in [2.24, 2.45) is 0 Å². The predicted molar refractivity (Wildman–Crippen MR) is 76.7 cm³/mol. The Morgan fingerprint density at radius 3 is 2.58 bits per heavy atom. The quantitative estimate of drug-likeness (QED) is 0.859. The molecule has 4 heteroatoms. The molecular formula is C15H23FN2O. The minimum Gasteiger partial charge on any atom is -0.372 e. The van der Waals surface area contributed by atoms with E-state index in [0.29, 0.717) is 5.69 Å². The zero-order chi connectivity index (χ0) is 14.6. The molecule has 1 rings (SSSR count). The highest BCUT2D eigenvalue weighted by molar-refractivity contribution is 5.84. The maximum atomic E-state index is 13.7. The Kier molecular flexibility index (Phi) is 4.92. The van der Waals surface area contributed by atoms with Gasteiger partial charge in [0.1, 0.15) is 11.9 Å². The van der Waals surface area contributed by atoms with Crippen molar-refractivity contribution in [2.75, 3.05) is 5.32 Å². The van der Waals surface area contributed by atoms with Crippen molar-refractivity contribution in [2.45, 2.75) is 52.6 Å². The van der Waals surface area contributed by atoms with Crippen molar-refractivity contribution in [1.82, 2.24) is 5.32 Å². The Hall–Kier alpha value is -1.58. The Balaban J connectivity index is 2.69. The van der Waals surface area contributed by atoms with Gasteiger partial charge in [0, 0.05) is 5.54 Å². The second-order valence-electron chi connectivity index (χ2n) is 5.58. The summed E-state index contributed by atoms with van der Waals surface area (Å²) >= 11 is 0. The first-order valence-electron chi connectivity index (χ1n) is 6.60. The first-order chi connectivity index (χ1) is 8.75. The minimum atomic E-state index is -0.483. The maximum absolute atomic E-state index is 13.7. The number of benzene rings is 1. The third kappa shape index (κ3) is 4.54. The molecule has 0 heterocycles. The summed E-state index contributed by atoms with van der Waals surface area (Å²) in [7, 11) is 0. The number of halogens is 1. The lowest BCUT2D eigenvalue weighted by Gasteiger charge is -2.27. The fraction of sp³-hybridized carbons (Fsp3) is 0.533. The fourth-order valence-corrected chi connectivity index (χ4v) is 1.57. The smallest absolute Gasteiger partial charge is 0.242 e. The number of hydrogen-bond acceptors (Lipinski definition) is 2. The summed E-state index contributed by atoms with van der Waals surface area (Å²) < 4.78 is 13.7. The van der Waals surface area contributed by atoms with Crippen LogP contribution < -0.4 is 10.6 Å². The summed E-state index contributed by atoms with van der Waals surface area (Å²) in [6, 6.07) is 4.43. The van der Waals surface area contributed by atoms with Crippen LogP contribution in [-0.4, -0.2) is 17.5 Å². The van der Waals surface area contributed by atoms with Gasteiger partial charge in [0.2, 0.25) is 5.91 Å². The molecule has 0 bridgehead atoms. The molecule has 0 saturated carbocycles. The van der Waals surface area contributed by atoms with Gasteiger partial charge in [0.15, 0.2) is 0 Å². The molecule has 2 N–H and O–H groups in total. The van der Waals surface area contributed by atoms with E-state index in [2.05, 4.69) is 10.6 Å². The average molecular weight is 266 g/mol. The topological polar surface area (TPSA) is 41.1 Å². The van der Waals surface area contributed by atoms with Gasteiger partial charge in [0.05, 0.1) is 5.69 Å². The van der Waals surface area contributed by atoms with Crippen LogP contribution in [0.1, 0.15) is 39.7 Å². The Morgan fingerprint density at radius 1 is 1.42 bits per heavy atom. The SMILES string of the molecule is CCC(C)(C)NC(=O)C(C)Nc1ccc(C)cc1F. The second-order valence-corrected chi connectivity index (χ2v) is 5.58. The molecule has 0 aliphatic carbocycles. The lowest BCUT2D eigenvalue weighted by Crippen LogP contribution is -2.48. The summed E-state index contributed by atoms with van der Waals surface area (Å²) in [5.41, 5.74) is 0.952. The molecule has 1 amide bonds.